The molecular formula is C19H23ClN2O3S. The third-order valence-corrected chi connectivity index (χ3v) is 6.00. The van der Waals surface area contributed by atoms with Gasteiger partial charge in [-0.1, -0.05) is 30.7 Å². The van der Waals surface area contributed by atoms with Gasteiger partial charge >= 0.3 is 0 Å². The second-order valence-corrected chi connectivity index (χ2v) is 8.24. The molecule has 1 fully saturated rings. The summed E-state index contributed by atoms with van der Waals surface area (Å²) in [5, 5.41) is 0.633. The predicted molar refractivity (Wildman–Crippen MR) is 104 cm³/mol. The molecule has 7 heteroatoms. The Kier molecular flexibility index (Phi) is 6.51. The van der Waals surface area contributed by atoms with Gasteiger partial charge in [-0.05, 0) is 36.4 Å². The summed E-state index contributed by atoms with van der Waals surface area (Å²) in [7, 11) is -1.12. The molecule has 26 heavy (non-hydrogen) atoms. The van der Waals surface area contributed by atoms with Gasteiger partial charge in [-0.15, -0.1) is 0 Å². The number of carbonyl (C=O) groups excluding carboxylic acids is 1. The van der Waals surface area contributed by atoms with Gasteiger partial charge in [-0.25, -0.2) is 0 Å². The van der Waals surface area contributed by atoms with E-state index in [0.717, 1.165) is 25.2 Å². The summed E-state index contributed by atoms with van der Waals surface area (Å²) < 4.78 is 18.0. The van der Waals surface area contributed by atoms with E-state index in [2.05, 4.69) is 11.8 Å². The Labute approximate surface area is 161 Å². The van der Waals surface area contributed by atoms with Gasteiger partial charge in [0.25, 0.3) is 5.91 Å². The third-order valence-electron chi connectivity index (χ3n) is 4.50. The average Bonchev–Trinajstić information content (AvgIpc) is 3.09. The number of nitrogens with zero attached hydrogens (tertiary/aromatic N) is 2. The van der Waals surface area contributed by atoms with Crippen LogP contribution in [0.25, 0.3) is 0 Å². The van der Waals surface area contributed by atoms with Crippen LogP contribution in [-0.2, 0) is 22.3 Å². The van der Waals surface area contributed by atoms with Gasteiger partial charge in [0.15, 0.2) is 5.76 Å². The van der Waals surface area contributed by atoms with E-state index < -0.39 is 10.8 Å². The maximum atomic E-state index is 12.5. The molecule has 0 saturated carbocycles. The van der Waals surface area contributed by atoms with Crippen molar-refractivity contribution >= 4 is 28.3 Å². The number of furan rings is 1. The van der Waals surface area contributed by atoms with Crippen molar-refractivity contribution in [3.63, 3.8) is 0 Å². The van der Waals surface area contributed by atoms with Gasteiger partial charge in [0, 0.05) is 47.8 Å². The molecule has 5 nitrogen and oxygen atoms in total. The van der Waals surface area contributed by atoms with Crippen molar-refractivity contribution in [3.05, 3.63) is 58.5 Å². The number of halogens is 1. The third kappa shape index (κ3) is 4.96. The number of hydrogen-bond donors (Lipinski definition) is 0. The zero-order valence-electron chi connectivity index (χ0n) is 14.8. The summed E-state index contributed by atoms with van der Waals surface area (Å²) in [5.41, 5.74) is 0.924. The largest absolute Gasteiger partial charge is 0.455 e. The first-order valence-electron chi connectivity index (χ1n) is 8.75. The maximum Gasteiger partial charge on any atom is 0.289 e. The Balaban J connectivity index is 1.56. The quantitative estimate of drug-likeness (QED) is 0.755. The highest BCUT2D eigenvalue weighted by Crippen LogP contribution is 2.17. The van der Waals surface area contributed by atoms with Crippen LogP contribution in [0, 0.1) is 0 Å². The fraction of sp³-hybridized carbons (Fsp3) is 0.421. The molecule has 140 valence electrons. The van der Waals surface area contributed by atoms with E-state index in [9.17, 15) is 9.00 Å². The van der Waals surface area contributed by atoms with Crippen LogP contribution >= 0.6 is 11.6 Å². The average molecular weight is 395 g/mol. The first kappa shape index (κ1) is 19.1. The van der Waals surface area contributed by atoms with Crippen LogP contribution < -0.4 is 0 Å². The first-order chi connectivity index (χ1) is 12.5. The Hall–Kier alpha value is -1.63. The van der Waals surface area contributed by atoms with Crippen molar-refractivity contribution in [2.24, 2.45) is 0 Å². The lowest BCUT2D eigenvalue weighted by atomic mass is 10.2. The maximum absolute atomic E-state index is 12.5. The van der Waals surface area contributed by atoms with E-state index >= 15 is 0 Å². The molecule has 1 atom stereocenters. The summed E-state index contributed by atoms with van der Waals surface area (Å²) in [6, 6.07) is 10.8. The molecule has 1 saturated heterocycles. The lowest BCUT2D eigenvalue weighted by molar-refractivity contribution is 0.0611. The molecule has 0 bridgehead atoms. The van der Waals surface area contributed by atoms with E-state index in [4.69, 9.17) is 16.0 Å². The van der Waals surface area contributed by atoms with Crippen LogP contribution in [0.2, 0.25) is 5.02 Å². The van der Waals surface area contributed by atoms with Crippen molar-refractivity contribution in [2.45, 2.75) is 18.4 Å². The van der Waals surface area contributed by atoms with Crippen molar-refractivity contribution in [1.29, 1.82) is 0 Å². The normalized spacial score (nSPS) is 16.6. The van der Waals surface area contributed by atoms with E-state index in [1.807, 2.05) is 23.1 Å². The number of hydrogen-bond acceptors (Lipinski definition) is 4. The molecule has 1 aromatic heterocycles. The van der Waals surface area contributed by atoms with Crippen molar-refractivity contribution in [1.82, 2.24) is 9.80 Å². The highest BCUT2D eigenvalue weighted by molar-refractivity contribution is 7.83. The predicted octanol–water partition coefficient (Wildman–Crippen LogP) is 3.16. The summed E-state index contributed by atoms with van der Waals surface area (Å²) in [4.78, 5) is 16.7. The van der Waals surface area contributed by atoms with Gasteiger partial charge in [-0.3, -0.25) is 9.00 Å². The number of amides is 1. The van der Waals surface area contributed by atoms with E-state index in [0.29, 0.717) is 35.4 Å². The number of benzene rings is 1. The Morgan fingerprint density at radius 1 is 1.15 bits per heavy atom. The first-order valence-corrected chi connectivity index (χ1v) is 10.6. The molecule has 2 aromatic rings. The standard InChI is InChI=1S/C19H23ClN2O3S/c1-2-21-8-10-22(11-9-21)19(23)18-7-6-17(25-18)14-26(24)13-15-4-3-5-16(20)12-15/h3-7,12H,2,8-11,13-14H2,1H3/t26-/m1/s1. The lowest BCUT2D eigenvalue weighted by Gasteiger charge is -2.33. The topological polar surface area (TPSA) is 53.8 Å². The number of likely N-dealkylation sites (N-methyl/N-ethyl adjacent to an activating group) is 1. The second-order valence-electron chi connectivity index (χ2n) is 6.35. The van der Waals surface area contributed by atoms with Crippen LogP contribution in [0.5, 0.6) is 0 Å². The Morgan fingerprint density at radius 3 is 2.62 bits per heavy atom. The molecule has 0 N–H and O–H groups in total. The molecule has 1 amide bonds. The molecule has 0 unspecified atom stereocenters. The van der Waals surface area contributed by atoms with Gasteiger partial charge < -0.3 is 14.2 Å². The minimum absolute atomic E-state index is 0.0902. The number of piperazine rings is 1. The Bertz CT molecular complexity index is 785. The smallest absolute Gasteiger partial charge is 0.289 e. The SMILES string of the molecule is CCN1CCN(C(=O)c2ccc(C[S@](=O)Cc3cccc(Cl)c3)o2)CC1. The monoisotopic (exact) mass is 394 g/mol. The van der Waals surface area contributed by atoms with Crippen LogP contribution in [-0.4, -0.2) is 52.6 Å². The van der Waals surface area contributed by atoms with Crippen molar-refractivity contribution < 1.29 is 13.4 Å². The summed E-state index contributed by atoms with van der Waals surface area (Å²) in [5.74, 6) is 1.49. The highest BCUT2D eigenvalue weighted by atomic mass is 35.5. The molecule has 0 radical (unpaired) electrons. The minimum atomic E-state index is -1.12. The van der Waals surface area contributed by atoms with Crippen molar-refractivity contribution in [2.75, 3.05) is 32.7 Å². The molecule has 1 aliphatic heterocycles. The summed E-state index contributed by atoms with van der Waals surface area (Å²) in [6.07, 6.45) is 0. The molecule has 3 rings (SSSR count). The van der Waals surface area contributed by atoms with Gasteiger partial charge in [0.2, 0.25) is 0 Å². The van der Waals surface area contributed by atoms with Gasteiger partial charge in [0.05, 0.1) is 5.75 Å². The van der Waals surface area contributed by atoms with Crippen LogP contribution in [0.4, 0.5) is 0 Å². The van der Waals surface area contributed by atoms with Gasteiger partial charge in [-0.2, -0.15) is 0 Å². The highest BCUT2D eigenvalue weighted by Gasteiger charge is 2.23. The van der Waals surface area contributed by atoms with Crippen LogP contribution in [0.3, 0.4) is 0 Å². The summed E-state index contributed by atoms with van der Waals surface area (Å²) in [6.45, 7) is 6.33. The number of carbonyl (C=O) groups is 1. The second kappa shape index (κ2) is 8.84. The van der Waals surface area contributed by atoms with E-state index in [1.165, 1.54) is 0 Å². The van der Waals surface area contributed by atoms with Crippen LogP contribution in [0.15, 0.2) is 40.8 Å². The molecule has 1 aliphatic rings. The molecule has 2 heterocycles. The minimum Gasteiger partial charge on any atom is -0.455 e. The van der Waals surface area contributed by atoms with Crippen molar-refractivity contribution in [3.8, 4) is 0 Å². The van der Waals surface area contributed by atoms with Crippen LogP contribution in [0.1, 0.15) is 28.8 Å². The molecule has 1 aromatic carbocycles. The van der Waals surface area contributed by atoms with Gasteiger partial charge in [0.1, 0.15) is 5.76 Å². The molecule has 0 aliphatic carbocycles. The van der Waals surface area contributed by atoms with E-state index in [1.54, 1.807) is 18.2 Å². The Morgan fingerprint density at radius 2 is 1.92 bits per heavy atom. The van der Waals surface area contributed by atoms with E-state index in [-0.39, 0.29) is 11.7 Å². The molecular weight excluding hydrogens is 372 g/mol. The molecule has 0 spiro atoms. The number of rotatable bonds is 6. The summed E-state index contributed by atoms with van der Waals surface area (Å²) >= 11 is 5.96. The fourth-order valence-corrected chi connectivity index (χ4v) is 4.35. The fourth-order valence-electron chi connectivity index (χ4n) is 3.02. The zero-order valence-corrected chi connectivity index (χ0v) is 16.4. The zero-order chi connectivity index (χ0) is 18.5. The lowest BCUT2D eigenvalue weighted by Crippen LogP contribution is -2.48.